The van der Waals surface area contributed by atoms with E-state index in [0.29, 0.717) is 17.7 Å². The number of nitrogens with one attached hydrogen (secondary N) is 1. The number of rotatable bonds is 7. The van der Waals surface area contributed by atoms with Gasteiger partial charge in [-0.05, 0) is 24.5 Å². The highest BCUT2D eigenvalue weighted by Gasteiger charge is 2.35. The molecular formula is C16H22F2N2O2. The third-order valence-corrected chi connectivity index (χ3v) is 3.42. The van der Waals surface area contributed by atoms with Gasteiger partial charge in [0.1, 0.15) is 18.2 Å². The number of methoxy groups -OCH3 is 1. The van der Waals surface area contributed by atoms with Gasteiger partial charge in [0.05, 0.1) is 12.1 Å². The van der Waals surface area contributed by atoms with Crippen LogP contribution in [0.15, 0.2) is 23.2 Å². The van der Waals surface area contributed by atoms with Gasteiger partial charge in [-0.25, -0.2) is 0 Å². The summed E-state index contributed by atoms with van der Waals surface area (Å²) in [7, 11) is 1.00. The van der Waals surface area contributed by atoms with Gasteiger partial charge in [0.25, 0.3) is 0 Å². The number of hydrogen-bond donors (Lipinski definition) is 1. The van der Waals surface area contributed by atoms with Crippen LogP contribution >= 0.6 is 0 Å². The highest BCUT2D eigenvalue weighted by Crippen LogP contribution is 2.36. The summed E-state index contributed by atoms with van der Waals surface area (Å²) < 4.78 is 38.1. The lowest BCUT2D eigenvalue weighted by Gasteiger charge is -2.22. The number of ether oxygens (including phenoxy) is 2. The Hall–Kier alpha value is -1.69. The fraction of sp³-hybridized carbons (Fsp3) is 0.562. The van der Waals surface area contributed by atoms with Gasteiger partial charge >= 0.3 is 6.11 Å². The minimum atomic E-state index is -3.33. The standard InChI is InChI=1S/C16H22F2N2O2/c1-11(2)9-12-13(16(17,18)21-3)5-4-6-14(12)22-10-15-19-7-8-20-15/h4-6,11H,7-10H2,1-3H3,(H,19,20). The van der Waals surface area contributed by atoms with Gasteiger partial charge in [0, 0.05) is 19.2 Å². The van der Waals surface area contributed by atoms with Crippen molar-refractivity contribution in [3.05, 3.63) is 29.3 Å². The van der Waals surface area contributed by atoms with Crippen molar-refractivity contribution in [1.29, 1.82) is 0 Å². The van der Waals surface area contributed by atoms with Crippen LogP contribution < -0.4 is 10.1 Å². The van der Waals surface area contributed by atoms with Crippen molar-refractivity contribution in [2.75, 3.05) is 26.8 Å². The molecule has 1 aliphatic rings. The molecule has 1 aromatic carbocycles. The lowest BCUT2D eigenvalue weighted by molar-refractivity contribution is -0.232. The third-order valence-electron chi connectivity index (χ3n) is 3.42. The fourth-order valence-corrected chi connectivity index (χ4v) is 2.39. The summed E-state index contributed by atoms with van der Waals surface area (Å²) in [5.41, 5.74) is 0.352. The SMILES string of the molecule is COC(F)(F)c1cccc(OCC2=NCCN2)c1CC(C)C. The number of halogens is 2. The second-order valence-electron chi connectivity index (χ2n) is 5.65. The summed E-state index contributed by atoms with van der Waals surface area (Å²) in [6.07, 6.45) is -2.84. The Morgan fingerprint density at radius 2 is 2.14 bits per heavy atom. The van der Waals surface area contributed by atoms with Crippen LogP contribution in [0.3, 0.4) is 0 Å². The van der Waals surface area contributed by atoms with Gasteiger partial charge in [-0.2, -0.15) is 8.78 Å². The van der Waals surface area contributed by atoms with Gasteiger partial charge < -0.3 is 14.8 Å². The maximum Gasteiger partial charge on any atom is 0.383 e. The second-order valence-corrected chi connectivity index (χ2v) is 5.65. The van der Waals surface area contributed by atoms with Crippen LogP contribution in [0.4, 0.5) is 8.78 Å². The van der Waals surface area contributed by atoms with Crippen LogP contribution in [0.2, 0.25) is 0 Å². The van der Waals surface area contributed by atoms with E-state index < -0.39 is 6.11 Å². The minimum absolute atomic E-state index is 0.137. The molecule has 0 saturated heterocycles. The Morgan fingerprint density at radius 1 is 1.36 bits per heavy atom. The highest BCUT2D eigenvalue weighted by molar-refractivity contribution is 5.85. The molecule has 22 heavy (non-hydrogen) atoms. The van der Waals surface area contributed by atoms with Crippen LogP contribution in [0.1, 0.15) is 25.0 Å². The molecule has 0 atom stereocenters. The van der Waals surface area contributed by atoms with Crippen LogP contribution in [0.25, 0.3) is 0 Å². The quantitative estimate of drug-likeness (QED) is 0.842. The molecule has 2 rings (SSSR count). The van der Waals surface area contributed by atoms with Crippen molar-refractivity contribution in [2.45, 2.75) is 26.4 Å². The van der Waals surface area contributed by atoms with E-state index >= 15 is 0 Å². The average molecular weight is 312 g/mol. The molecule has 0 aliphatic carbocycles. The summed E-state index contributed by atoms with van der Waals surface area (Å²) in [5, 5.41) is 3.10. The number of hydrogen-bond acceptors (Lipinski definition) is 4. The van der Waals surface area contributed by atoms with Crippen molar-refractivity contribution >= 4 is 5.84 Å². The zero-order valence-corrected chi connectivity index (χ0v) is 13.2. The number of benzene rings is 1. The van der Waals surface area contributed by atoms with E-state index in [9.17, 15) is 8.78 Å². The topological polar surface area (TPSA) is 42.9 Å². The predicted octanol–water partition coefficient (Wildman–Crippen LogP) is 2.96. The van der Waals surface area contributed by atoms with E-state index in [-0.39, 0.29) is 18.1 Å². The molecule has 6 heteroatoms. The zero-order chi connectivity index (χ0) is 16.2. The van der Waals surface area contributed by atoms with E-state index in [0.717, 1.165) is 26.0 Å². The van der Waals surface area contributed by atoms with Crippen LogP contribution in [0, 0.1) is 5.92 Å². The molecule has 0 bridgehead atoms. The Balaban J connectivity index is 2.28. The van der Waals surface area contributed by atoms with Crippen molar-refractivity contribution in [1.82, 2.24) is 5.32 Å². The van der Waals surface area contributed by atoms with Crippen molar-refractivity contribution < 1.29 is 18.3 Å². The largest absolute Gasteiger partial charge is 0.485 e. The van der Waals surface area contributed by atoms with Gasteiger partial charge in [-0.15, -0.1) is 0 Å². The number of alkyl halides is 2. The van der Waals surface area contributed by atoms with E-state index in [1.807, 2.05) is 13.8 Å². The molecule has 1 N–H and O–H groups in total. The smallest absolute Gasteiger partial charge is 0.383 e. The Bertz CT molecular complexity index is 545. The van der Waals surface area contributed by atoms with E-state index in [2.05, 4.69) is 15.0 Å². The first-order valence-corrected chi connectivity index (χ1v) is 7.39. The summed E-state index contributed by atoms with van der Waals surface area (Å²) in [6.45, 7) is 5.73. The van der Waals surface area contributed by atoms with Gasteiger partial charge in [-0.3, -0.25) is 4.99 Å². The monoisotopic (exact) mass is 312 g/mol. The van der Waals surface area contributed by atoms with Crippen LogP contribution in [-0.4, -0.2) is 32.6 Å². The summed E-state index contributed by atoms with van der Waals surface area (Å²) in [4.78, 5) is 4.24. The van der Waals surface area contributed by atoms with Crippen molar-refractivity contribution in [2.24, 2.45) is 10.9 Å². The molecule has 4 nitrogen and oxygen atoms in total. The molecule has 1 aromatic rings. The highest BCUT2D eigenvalue weighted by atomic mass is 19.3. The van der Waals surface area contributed by atoms with Crippen LogP contribution in [-0.2, 0) is 17.3 Å². The summed E-state index contributed by atoms with van der Waals surface area (Å²) >= 11 is 0. The van der Waals surface area contributed by atoms with Crippen molar-refractivity contribution in [3.8, 4) is 5.75 Å². The lowest BCUT2D eigenvalue weighted by Crippen LogP contribution is -2.25. The Morgan fingerprint density at radius 3 is 2.73 bits per heavy atom. The first-order valence-electron chi connectivity index (χ1n) is 7.39. The molecule has 0 unspecified atom stereocenters. The number of amidine groups is 1. The molecule has 122 valence electrons. The predicted molar refractivity (Wildman–Crippen MR) is 81.7 cm³/mol. The molecule has 0 radical (unpaired) electrons. The molecule has 0 saturated carbocycles. The molecule has 0 fully saturated rings. The number of aliphatic imine (C=N–C) groups is 1. The second kappa shape index (κ2) is 7.05. The Labute approximate surface area is 129 Å². The fourth-order valence-electron chi connectivity index (χ4n) is 2.39. The molecule has 0 aromatic heterocycles. The van der Waals surface area contributed by atoms with Crippen LogP contribution in [0.5, 0.6) is 5.75 Å². The minimum Gasteiger partial charge on any atom is -0.485 e. The van der Waals surface area contributed by atoms with Gasteiger partial charge in [0.2, 0.25) is 0 Å². The average Bonchev–Trinajstić information content (AvgIpc) is 2.98. The maximum atomic E-state index is 14.0. The number of nitrogens with zero attached hydrogens (tertiary/aromatic N) is 1. The molecular weight excluding hydrogens is 290 g/mol. The Kier molecular flexibility index (Phi) is 5.34. The normalized spacial score (nSPS) is 14.9. The first-order chi connectivity index (χ1) is 10.4. The first kappa shape index (κ1) is 16.7. The molecule has 0 spiro atoms. The summed E-state index contributed by atoms with van der Waals surface area (Å²) in [5.74, 6) is 1.43. The van der Waals surface area contributed by atoms with Crippen molar-refractivity contribution in [3.63, 3.8) is 0 Å². The zero-order valence-electron chi connectivity index (χ0n) is 13.2. The van der Waals surface area contributed by atoms with E-state index in [4.69, 9.17) is 4.74 Å². The van der Waals surface area contributed by atoms with E-state index in [1.54, 1.807) is 12.1 Å². The maximum absolute atomic E-state index is 14.0. The van der Waals surface area contributed by atoms with Gasteiger partial charge in [0.15, 0.2) is 0 Å². The molecule has 1 heterocycles. The van der Waals surface area contributed by atoms with E-state index in [1.165, 1.54) is 6.07 Å². The third kappa shape index (κ3) is 3.94. The lowest BCUT2D eigenvalue weighted by atomic mass is 9.96. The molecule has 0 amide bonds. The molecule has 1 aliphatic heterocycles. The van der Waals surface area contributed by atoms with Gasteiger partial charge in [-0.1, -0.05) is 19.9 Å². The summed E-state index contributed by atoms with van der Waals surface area (Å²) in [6, 6.07) is 4.66.